The Morgan fingerprint density at radius 1 is 1.24 bits per heavy atom. The van der Waals surface area contributed by atoms with E-state index < -0.39 is 5.95 Å². The van der Waals surface area contributed by atoms with Crippen molar-refractivity contribution >= 4 is 5.71 Å². The monoisotopic (exact) mass is 296 g/mol. The highest BCUT2D eigenvalue weighted by Crippen LogP contribution is 2.33. The van der Waals surface area contributed by atoms with E-state index in [9.17, 15) is 8.78 Å². The molecule has 0 aromatic heterocycles. The molecule has 0 rings (SSSR count). The molecule has 2 nitrogen and oxygen atoms in total. The van der Waals surface area contributed by atoms with Crippen molar-refractivity contribution in [1.29, 1.82) is 0 Å². The third kappa shape index (κ3) is 6.06. The Kier molecular flexibility index (Phi) is 7.27. The zero-order valence-corrected chi connectivity index (χ0v) is 13.8. The first-order valence-electron chi connectivity index (χ1n) is 6.88. The first-order valence-corrected chi connectivity index (χ1v) is 6.88. The lowest BCUT2D eigenvalue weighted by Gasteiger charge is -2.24. The van der Waals surface area contributed by atoms with Gasteiger partial charge in [0.15, 0.2) is 0 Å². The van der Waals surface area contributed by atoms with Crippen molar-refractivity contribution in [2.45, 2.75) is 48.0 Å². The number of aliphatic imine (C=N–C) groups is 1. The Balaban J connectivity index is 5.53. The van der Waals surface area contributed by atoms with E-state index in [1.165, 1.54) is 13.0 Å². The molecule has 2 N–H and O–H groups in total. The summed E-state index contributed by atoms with van der Waals surface area (Å²) in [5.41, 5.74) is 6.76. The molecule has 0 aliphatic rings. The lowest BCUT2D eigenvalue weighted by molar-refractivity contribution is 0.500. The van der Waals surface area contributed by atoms with Crippen LogP contribution in [0.3, 0.4) is 0 Å². The van der Waals surface area contributed by atoms with Gasteiger partial charge in [-0.05, 0) is 43.4 Å². The largest absolute Gasteiger partial charge is 0.399 e. The quantitative estimate of drug-likeness (QED) is 0.414. The molecule has 0 aromatic rings. The number of rotatable bonds is 5. The van der Waals surface area contributed by atoms with Gasteiger partial charge >= 0.3 is 0 Å². The predicted octanol–water partition coefficient (Wildman–Crippen LogP) is 5.36. The molecule has 4 heteroatoms. The molecule has 0 spiro atoms. The second kappa shape index (κ2) is 7.91. The van der Waals surface area contributed by atoms with E-state index in [1.807, 2.05) is 33.8 Å². The SMILES string of the molecule is C=C/C(C/C(F)=C(C)\C(=C/C)C(C)(C)C)=N\C(F)=C(/C)N. The molecule has 0 fully saturated rings. The molecular weight excluding hydrogens is 270 g/mol. The van der Waals surface area contributed by atoms with E-state index in [4.69, 9.17) is 5.73 Å². The van der Waals surface area contributed by atoms with Crippen molar-refractivity contribution in [1.82, 2.24) is 0 Å². The molecule has 0 aliphatic carbocycles. The maximum atomic E-state index is 14.4. The highest BCUT2D eigenvalue weighted by molar-refractivity contribution is 5.96. The van der Waals surface area contributed by atoms with Crippen molar-refractivity contribution in [2.24, 2.45) is 16.1 Å². The summed E-state index contributed by atoms with van der Waals surface area (Å²) in [6.07, 6.45) is 3.12. The van der Waals surface area contributed by atoms with Crippen LogP contribution in [0.25, 0.3) is 0 Å². The van der Waals surface area contributed by atoms with Gasteiger partial charge in [-0.3, -0.25) is 0 Å². The van der Waals surface area contributed by atoms with Crippen LogP contribution in [0.1, 0.15) is 48.0 Å². The van der Waals surface area contributed by atoms with Crippen LogP contribution in [0.2, 0.25) is 0 Å². The molecule has 0 unspecified atom stereocenters. The molecular formula is C17H26F2N2. The molecule has 0 aliphatic heterocycles. The summed E-state index contributed by atoms with van der Waals surface area (Å²) >= 11 is 0. The van der Waals surface area contributed by atoms with Crippen molar-refractivity contribution in [2.75, 3.05) is 0 Å². The van der Waals surface area contributed by atoms with Crippen LogP contribution < -0.4 is 5.73 Å². The minimum absolute atomic E-state index is 0.0423. The van der Waals surface area contributed by atoms with Gasteiger partial charge in [0.1, 0.15) is 5.83 Å². The molecule has 0 heterocycles. The Labute approximate surface area is 126 Å². The molecule has 0 saturated heterocycles. The van der Waals surface area contributed by atoms with Gasteiger partial charge in [0.25, 0.3) is 0 Å². The van der Waals surface area contributed by atoms with Crippen LogP contribution in [0.15, 0.2) is 52.3 Å². The van der Waals surface area contributed by atoms with Gasteiger partial charge in [-0.1, -0.05) is 33.4 Å². The van der Waals surface area contributed by atoms with E-state index in [1.54, 1.807) is 6.92 Å². The Morgan fingerprint density at radius 2 is 1.76 bits per heavy atom. The van der Waals surface area contributed by atoms with Crippen molar-refractivity contribution in [3.8, 4) is 0 Å². The minimum Gasteiger partial charge on any atom is -0.399 e. The second-order valence-electron chi connectivity index (χ2n) is 5.94. The minimum atomic E-state index is -0.808. The van der Waals surface area contributed by atoms with E-state index in [0.29, 0.717) is 5.57 Å². The highest BCUT2D eigenvalue weighted by Gasteiger charge is 2.20. The Hall–Kier alpha value is -1.71. The van der Waals surface area contributed by atoms with Crippen molar-refractivity contribution in [3.63, 3.8) is 0 Å². The molecule has 0 atom stereocenters. The van der Waals surface area contributed by atoms with Gasteiger partial charge in [-0.2, -0.15) is 4.39 Å². The number of nitrogens with two attached hydrogens (primary N) is 1. The number of hydrogen-bond donors (Lipinski definition) is 1. The van der Waals surface area contributed by atoms with Crippen LogP contribution in [0.5, 0.6) is 0 Å². The molecule has 0 bridgehead atoms. The van der Waals surface area contributed by atoms with E-state index in [-0.39, 0.29) is 29.1 Å². The van der Waals surface area contributed by atoms with Gasteiger partial charge in [-0.15, -0.1) is 0 Å². The van der Waals surface area contributed by atoms with Crippen molar-refractivity contribution in [3.05, 3.63) is 47.4 Å². The summed E-state index contributed by atoms with van der Waals surface area (Å²) < 4.78 is 27.8. The summed E-state index contributed by atoms with van der Waals surface area (Å²) in [4.78, 5) is 3.66. The Morgan fingerprint density at radius 3 is 2.10 bits per heavy atom. The third-order valence-corrected chi connectivity index (χ3v) is 3.05. The highest BCUT2D eigenvalue weighted by atomic mass is 19.1. The number of nitrogens with zero attached hydrogens (tertiary/aromatic N) is 1. The van der Waals surface area contributed by atoms with Crippen LogP contribution in [-0.4, -0.2) is 5.71 Å². The zero-order valence-electron chi connectivity index (χ0n) is 13.8. The van der Waals surface area contributed by atoms with Gasteiger partial charge in [-0.25, -0.2) is 9.38 Å². The van der Waals surface area contributed by atoms with Gasteiger partial charge < -0.3 is 5.73 Å². The normalized spacial score (nSPS) is 16.4. The number of hydrogen-bond acceptors (Lipinski definition) is 2. The summed E-state index contributed by atoms with van der Waals surface area (Å²) in [6.45, 7) is 14.6. The molecule has 0 aromatic carbocycles. The fourth-order valence-corrected chi connectivity index (χ4v) is 2.02. The van der Waals surface area contributed by atoms with Crippen LogP contribution >= 0.6 is 0 Å². The topological polar surface area (TPSA) is 38.4 Å². The molecule has 0 radical (unpaired) electrons. The molecule has 0 saturated carbocycles. The van der Waals surface area contributed by atoms with E-state index >= 15 is 0 Å². The maximum Gasteiger partial charge on any atom is 0.231 e. The van der Waals surface area contributed by atoms with Crippen LogP contribution in [0, 0.1) is 5.41 Å². The summed E-state index contributed by atoms with van der Waals surface area (Å²) in [5.74, 6) is -1.16. The van der Waals surface area contributed by atoms with Crippen LogP contribution in [0.4, 0.5) is 8.78 Å². The standard InChI is InChI=1S/C17H26F2N2/c1-8-13(21-16(19)12(4)20)10-15(18)11(3)14(9-2)17(5,6)7/h8-9H,1,10,20H2,2-7H3/b14-9+,15-11+,16-12+,21-13+. The lowest BCUT2D eigenvalue weighted by Crippen LogP contribution is -2.11. The summed E-state index contributed by atoms with van der Waals surface area (Å²) in [5, 5.41) is 0. The zero-order chi connectivity index (χ0) is 16.8. The third-order valence-electron chi connectivity index (χ3n) is 3.05. The summed E-state index contributed by atoms with van der Waals surface area (Å²) in [6, 6.07) is 0. The average Bonchev–Trinajstić information content (AvgIpc) is 2.36. The molecule has 21 heavy (non-hydrogen) atoms. The first kappa shape index (κ1) is 19.3. The van der Waals surface area contributed by atoms with E-state index in [2.05, 4.69) is 11.6 Å². The van der Waals surface area contributed by atoms with Gasteiger partial charge in [0.2, 0.25) is 5.95 Å². The molecule has 0 amide bonds. The summed E-state index contributed by atoms with van der Waals surface area (Å²) in [7, 11) is 0. The van der Waals surface area contributed by atoms with E-state index in [0.717, 1.165) is 5.57 Å². The second-order valence-corrected chi connectivity index (χ2v) is 5.94. The van der Waals surface area contributed by atoms with Gasteiger partial charge in [0.05, 0.1) is 5.70 Å². The fraction of sp³-hybridized carbons (Fsp3) is 0.471. The lowest BCUT2D eigenvalue weighted by atomic mass is 9.81. The number of halogens is 2. The first-order chi connectivity index (χ1) is 9.54. The van der Waals surface area contributed by atoms with Gasteiger partial charge in [0, 0.05) is 12.1 Å². The average molecular weight is 296 g/mol. The fourth-order valence-electron chi connectivity index (χ4n) is 2.02. The molecule has 118 valence electrons. The number of allylic oxidation sites excluding steroid dienone is 6. The van der Waals surface area contributed by atoms with Crippen LogP contribution in [-0.2, 0) is 0 Å². The van der Waals surface area contributed by atoms with Crippen molar-refractivity contribution < 1.29 is 8.78 Å². The maximum absolute atomic E-state index is 14.4. The Bertz CT molecular complexity index is 511. The predicted molar refractivity (Wildman–Crippen MR) is 87.3 cm³/mol. The smallest absolute Gasteiger partial charge is 0.231 e.